The molecule has 0 aromatic rings. The summed E-state index contributed by atoms with van der Waals surface area (Å²) in [6, 6.07) is 0.373. The normalized spacial score (nSPS) is 19.6. The molecule has 0 saturated carbocycles. The summed E-state index contributed by atoms with van der Waals surface area (Å²) in [5, 5.41) is 12.6. The second-order valence-electron chi connectivity index (χ2n) is 4.63. The van der Waals surface area contributed by atoms with Crippen molar-refractivity contribution in [3.05, 3.63) is 0 Å². The van der Waals surface area contributed by atoms with Crippen molar-refractivity contribution >= 4 is 0 Å². The third-order valence-electron chi connectivity index (χ3n) is 3.52. The van der Waals surface area contributed by atoms with Gasteiger partial charge in [-0.15, -0.1) is 0 Å². The first-order valence-electron chi connectivity index (χ1n) is 6.16. The Bertz CT molecular complexity index is 153. The van der Waals surface area contributed by atoms with E-state index in [1.165, 1.54) is 0 Å². The molecule has 0 bridgehead atoms. The minimum Gasteiger partial charge on any atom is -0.395 e. The van der Waals surface area contributed by atoms with Gasteiger partial charge in [-0.3, -0.25) is 0 Å². The molecule has 4 atom stereocenters. The van der Waals surface area contributed by atoms with Crippen molar-refractivity contribution in [3.63, 3.8) is 0 Å². The predicted octanol–water partition coefficient (Wildman–Crippen LogP) is 1.36. The summed E-state index contributed by atoms with van der Waals surface area (Å²) < 4.78 is 0. The molecule has 0 aliphatic heterocycles. The van der Waals surface area contributed by atoms with Gasteiger partial charge in [0.2, 0.25) is 0 Å². The molecule has 0 heterocycles. The monoisotopic (exact) mass is 216 g/mol. The molecule has 0 aromatic heterocycles. The first-order valence-corrected chi connectivity index (χ1v) is 6.16. The zero-order chi connectivity index (χ0) is 11.8. The van der Waals surface area contributed by atoms with Crippen molar-refractivity contribution in [1.29, 1.82) is 0 Å². The fourth-order valence-corrected chi connectivity index (χ4v) is 1.52. The minimum absolute atomic E-state index is 0.185. The molecule has 0 fully saturated rings. The van der Waals surface area contributed by atoms with E-state index in [0.717, 1.165) is 19.4 Å². The molecule has 0 aromatic carbocycles. The van der Waals surface area contributed by atoms with Gasteiger partial charge in [0.25, 0.3) is 0 Å². The molecule has 3 nitrogen and oxygen atoms in total. The highest BCUT2D eigenvalue weighted by molar-refractivity contribution is 4.77. The van der Waals surface area contributed by atoms with Gasteiger partial charge in [-0.2, -0.15) is 0 Å². The fraction of sp³-hybridized carbons (Fsp3) is 1.00. The Morgan fingerprint density at radius 2 is 1.67 bits per heavy atom. The first-order chi connectivity index (χ1) is 7.06. The Morgan fingerprint density at radius 3 is 2.07 bits per heavy atom. The quantitative estimate of drug-likeness (QED) is 0.574. The molecule has 0 saturated heterocycles. The van der Waals surface area contributed by atoms with Crippen LogP contribution in [0, 0.1) is 11.8 Å². The minimum atomic E-state index is 0.185. The topological polar surface area (TPSA) is 58.3 Å². The predicted molar refractivity (Wildman–Crippen MR) is 65.8 cm³/mol. The largest absolute Gasteiger partial charge is 0.395 e. The highest BCUT2D eigenvalue weighted by Crippen LogP contribution is 2.08. The van der Waals surface area contributed by atoms with E-state index < -0.39 is 0 Å². The number of nitrogens with two attached hydrogens (primary N) is 1. The molecule has 0 radical (unpaired) electrons. The molecule has 3 heteroatoms. The second-order valence-corrected chi connectivity index (χ2v) is 4.63. The van der Waals surface area contributed by atoms with E-state index in [1.807, 2.05) is 0 Å². The molecule has 0 spiro atoms. The molecular formula is C12H28N2O. The van der Waals surface area contributed by atoms with Gasteiger partial charge >= 0.3 is 0 Å². The van der Waals surface area contributed by atoms with Crippen LogP contribution in [0.3, 0.4) is 0 Å². The number of hydrogen-bond acceptors (Lipinski definition) is 3. The van der Waals surface area contributed by atoms with E-state index >= 15 is 0 Å². The molecule has 0 aliphatic carbocycles. The second kappa shape index (κ2) is 8.08. The third-order valence-corrected chi connectivity index (χ3v) is 3.52. The Kier molecular flexibility index (Phi) is 8.02. The maximum Gasteiger partial charge on any atom is 0.0587 e. The Balaban J connectivity index is 3.89. The van der Waals surface area contributed by atoms with E-state index in [9.17, 15) is 5.11 Å². The van der Waals surface area contributed by atoms with Crippen molar-refractivity contribution in [2.24, 2.45) is 17.6 Å². The van der Waals surface area contributed by atoms with Crippen LogP contribution in [0.4, 0.5) is 0 Å². The van der Waals surface area contributed by atoms with Crippen molar-refractivity contribution < 1.29 is 5.11 Å². The molecular weight excluding hydrogens is 188 g/mol. The molecule has 4 N–H and O–H groups in total. The van der Waals surface area contributed by atoms with Gasteiger partial charge in [-0.1, -0.05) is 40.5 Å². The van der Waals surface area contributed by atoms with Crippen LogP contribution in [-0.2, 0) is 0 Å². The summed E-state index contributed by atoms with van der Waals surface area (Å²) in [5.41, 5.74) is 6.03. The van der Waals surface area contributed by atoms with Gasteiger partial charge in [0.05, 0.1) is 6.61 Å². The van der Waals surface area contributed by atoms with Gasteiger partial charge in [0, 0.05) is 18.6 Å². The maximum absolute atomic E-state index is 9.23. The van der Waals surface area contributed by atoms with Crippen LogP contribution >= 0.6 is 0 Å². The highest BCUT2D eigenvalue weighted by Gasteiger charge is 2.17. The van der Waals surface area contributed by atoms with E-state index in [4.69, 9.17) is 5.73 Å². The molecule has 3 unspecified atom stereocenters. The van der Waals surface area contributed by atoms with E-state index in [0.29, 0.717) is 11.8 Å². The summed E-state index contributed by atoms with van der Waals surface area (Å²) in [7, 11) is 0. The van der Waals surface area contributed by atoms with Gasteiger partial charge in [0.15, 0.2) is 0 Å². The zero-order valence-electron chi connectivity index (χ0n) is 10.7. The fourth-order valence-electron chi connectivity index (χ4n) is 1.52. The molecule has 0 aliphatic rings. The van der Waals surface area contributed by atoms with Gasteiger partial charge in [-0.25, -0.2) is 0 Å². The summed E-state index contributed by atoms with van der Waals surface area (Å²) in [6.07, 6.45) is 2.19. The highest BCUT2D eigenvalue weighted by atomic mass is 16.3. The lowest BCUT2D eigenvalue weighted by Gasteiger charge is -2.26. The van der Waals surface area contributed by atoms with Crippen LogP contribution in [0.25, 0.3) is 0 Å². The average Bonchev–Trinajstić information content (AvgIpc) is 2.27. The maximum atomic E-state index is 9.23. The average molecular weight is 216 g/mol. The number of rotatable bonds is 8. The van der Waals surface area contributed by atoms with E-state index in [1.54, 1.807) is 0 Å². The smallest absolute Gasteiger partial charge is 0.0587 e. The van der Waals surface area contributed by atoms with Crippen LogP contribution in [0.15, 0.2) is 0 Å². The van der Waals surface area contributed by atoms with Crippen LogP contribution in [-0.4, -0.2) is 30.3 Å². The summed E-state index contributed by atoms with van der Waals surface area (Å²) in [6.45, 7) is 9.62. The van der Waals surface area contributed by atoms with Gasteiger partial charge in [0.1, 0.15) is 0 Å². The van der Waals surface area contributed by atoms with Crippen molar-refractivity contribution in [2.75, 3.05) is 13.2 Å². The number of aliphatic hydroxyl groups is 1. The van der Waals surface area contributed by atoms with E-state index in [-0.39, 0.29) is 18.7 Å². The number of aliphatic hydroxyl groups excluding tert-OH is 1. The van der Waals surface area contributed by atoms with Gasteiger partial charge in [-0.05, 0) is 11.8 Å². The third kappa shape index (κ3) is 5.50. The lowest BCUT2D eigenvalue weighted by atomic mass is 9.97. The van der Waals surface area contributed by atoms with Crippen LogP contribution in [0.2, 0.25) is 0 Å². The number of nitrogens with one attached hydrogen (secondary N) is 1. The SMILES string of the molecule is CCC(C)C(N)CN[C@H](CO)C(C)CC. The van der Waals surface area contributed by atoms with Crippen LogP contribution < -0.4 is 11.1 Å². The molecule has 92 valence electrons. The van der Waals surface area contributed by atoms with Crippen molar-refractivity contribution in [2.45, 2.75) is 52.6 Å². The van der Waals surface area contributed by atoms with Crippen LogP contribution in [0.5, 0.6) is 0 Å². The molecule has 15 heavy (non-hydrogen) atoms. The Labute approximate surface area is 94.4 Å². The Morgan fingerprint density at radius 1 is 1.13 bits per heavy atom. The summed E-state index contributed by atoms with van der Waals surface area (Å²) in [5.74, 6) is 1.04. The number of hydrogen-bond donors (Lipinski definition) is 3. The standard InChI is InChI=1S/C12H28N2O/c1-5-9(3)11(13)7-14-12(8-15)10(4)6-2/h9-12,14-15H,5-8,13H2,1-4H3/t9?,10?,11?,12-/m1/s1. The summed E-state index contributed by atoms with van der Waals surface area (Å²) >= 11 is 0. The lowest BCUT2D eigenvalue weighted by molar-refractivity contribution is 0.197. The molecule has 0 amide bonds. The van der Waals surface area contributed by atoms with E-state index in [2.05, 4.69) is 33.0 Å². The van der Waals surface area contributed by atoms with Crippen molar-refractivity contribution in [1.82, 2.24) is 5.32 Å². The van der Waals surface area contributed by atoms with Crippen LogP contribution in [0.1, 0.15) is 40.5 Å². The molecule has 0 rings (SSSR count). The lowest BCUT2D eigenvalue weighted by Crippen LogP contribution is -2.46. The Hall–Kier alpha value is -0.120. The first kappa shape index (κ1) is 14.9. The van der Waals surface area contributed by atoms with Gasteiger partial charge < -0.3 is 16.2 Å². The summed E-state index contributed by atoms with van der Waals surface area (Å²) in [4.78, 5) is 0. The van der Waals surface area contributed by atoms with Crippen molar-refractivity contribution in [3.8, 4) is 0 Å². The zero-order valence-corrected chi connectivity index (χ0v) is 10.7.